The van der Waals surface area contributed by atoms with Crippen molar-refractivity contribution in [3.05, 3.63) is 65.2 Å². The number of rotatable bonds is 6. The van der Waals surface area contributed by atoms with E-state index in [4.69, 9.17) is 4.74 Å². The summed E-state index contributed by atoms with van der Waals surface area (Å²) in [5.74, 6) is -1.84. The fourth-order valence-electron chi connectivity index (χ4n) is 2.37. The monoisotopic (exact) mass is 354 g/mol. The zero-order valence-corrected chi connectivity index (χ0v) is 15.4. The summed E-state index contributed by atoms with van der Waals surface area (Å²) >= 11 is 0. The molecule has 0 aliphatic rings. The summed E-state index contributed by atoms with van der Waals surface area (Å²) < 4.78 is 9.93. The smallest absolute Gasteiger partial charge is 0.379 e. The van der Waals surface area contributed by atoms with Gasteiger partial charge in [0, 0.05) is 5.56 Å². The molecule has 0 fully saturated rings. The molecule has 0 bridgehead atoms. The van der Waals surface area contributed by atoms with Crippen LogP contribution < -0.4 is 4.74 Å². The molecule has 0 unspecified atom stereocenters. The molecule has 0 saturated heterocycles. The molecule has 0 spiro atoms. The molecule has 0 amide bonds. The third kappa shape index (κ3) is 4.57. The zero-order chi connectivity index (χ0) is 19.3. The van der Waals surface area contributed by atoms with Crippen LogP contribution in [0, 0.1) is 0 Å². The van der Waals surface area contributed by atoms with Gasteiger partial charge in [0.25, 0.3) is 5.78 Å². The van der Waals surface area contributed by atoms with Crippen molar-refractivity contribution < 1.29 is 23.9 Å². The molecule has 5 heteroatoms. The number of benzene rings is 2. The summed E-state index contributed by atoms with van der Waals surface area (Å²) in [7, 11) is 1.13. The fraction of sp³-hybridized carbons (Fsp3) is 0.286. The molecule has 2 aromatic carbocycles. The highest BCUT2D eigenvalue weighted by Gasteiger charge is 2.21. The number of ketones is 2. The molecule has 5 nitrogen and oxygen atoms in total. The van der Waals surface area contributed by atoms with Crippen LogP contribution in [-0.4, -0.2) is 31.3 Å². The van der Waals surface area contributed by atoms with E-state index in [1.165, 1.54) is 12.1 Å². The van der Waals surface area contributed by atoms with Gasteiger partial charge in [-0.3, -0.25) is 9.59 Å². The normalized spacial score (nSPS) is 10.9. The largest absolute Gasteiger partial charge is 0.485 e. The topological polar surface area (TPSA) is 69.7 Å². The molecule has 0 aromatic heterocycles. The van der Waals surface area contributed by atoms with Gasteiger partial charge >= 0.3 is 5.97 Å². The summed E-state index contributed by atoms with van der Waals surface area (Å²) in [4.78, 5) is 35.8. The Morgan fingerprint density at radius 2 is 1.54 bits per heavy atom. The Balaban J connectivity index is 2.11. The van der Waals surface area contributed by atoms with Gasteiger partial charge in [0.05, 0.1) is 12.7 Å². The number of para-hydroxylation sites is 1. The molecule has 0 N–H and O–H groups in total. The van der Waals surface area contributed by atoms with E-state index in [-0.39, 0.29) is 29.1 Å². The molecule has 0 heterocycles. The summed E-state index contributed by atoms with van der Waals surface area (Å²) in [6.07, 6.45) is 0. The van der Waals surface area contributed by atoms with Gasteiger partial charge in [-0.15, -0.1) is 0 Å². The number of hydrogen-bond acceptors (Lipinski definition) is 5. The number of ether oxygens (including phenoxy) is 2. The number of Topliss-reactive ketones (excluding diaryl/α,β-unsaturated/α-hetero) is 2. The minimum Gasteiger partial charge on any atom is -0.485 e. The van der Waals surface area contributed by atoms with Crippen LogP contribution in [0.5, 0.6) is 5.75 Å². The maximum Gasteiger partial charge on any atom is 0.379 e. The Morgan fingerprint density at radius 3 is 2.12 bits per heavy atom. The van der Waals surface area contributed by atoms with E-state index >= 15 is 0 Å². The maximum atomic E-state index is 12.3. The highest BCUT2D eigenvalue weighted by molar-refractivity contribution is 6.41. The van der Waals surface area contributed by atoms with Crippen LogP contribution in [0.1, 0.15) is 47.1 Å². The summed E-state index contributed by atoms with van der Waals surface area (Å²) in [6, 6.07) is 13.6. The maximum absolute atomic E-state index is 12.3. The molecule has 0 radical (unpaired) electrons. The lowest BCUT2D eigenvalue weighted by molar-refractivity contribution is -0.135. The van der Waals surface area contributed by atoms with Crippen molar-refractivity contribution >= 4 is 17.5 Å². The van der Waals surface area contributed by atoms with Gasteiger partial charge in [-0.25, -0.2) is 4.79 Å². The lowest BCUT2D eigenvalue weighted by Crippen LogP contribution is -2.18. The SMILES string of the molecule is COC(=O)C(=O)c1ccccc1OCC(=O)c1ccc(C(C)(C)C)cc1. The van der Waals surface area contributed by atoms with Crippen molar-refractivity contribution in [1.82, 2.24) is 0 Å². The molecule has 136 valence electrons. The summed E-state index contributed by atoms with van der Waals surface area (Å²) in [5, 5.41) is 0. The second-order valence-electron chi connectivity index (χ2n) is 6.86. The average Bonchev–Trinajstić information content (AvgIpc) is 2.64. The van der Waals surface area contributed by atoms with Crippen LogP contribution in [-0.2, 0) is 14.9 Å². The standard InChI is InChI=1S/C21H22O5/c1-21(2,3)15-11-9-14(10-12-15)17(22)13-26-18-8-6-5-7-16(18)19(23)20(24)25-4/h5-12H,13H2,1-4H3. The first-order chi connectivity index (χ1) is 12.2. The van der Waals surface area contributed by atoms with Crippen LogP contribution in [0.25, 0.3) is 0 Å². The Kier molecular flexibility index (Phi) is 5.93. The highest BCUT2D eigenvalue weighted by atomic mass is 16.5. The first kappa shape index (κ1) is 19.4. The lowest BCUT2D eigenvalue weighted by atomic mass is 9.86. The minimum absolute atomic E-state index is 0.00522. The van der Waals surface area contributed by atoms with Crippen molar-refractivity contribution in [2.75, 3.05) is 13.7 Å². The number of methoxy groups -OCH3 is 1. The number of esters is 1. The number of carbonyl (C=O) groups is 3. The van der Waals surface area contributed by atoms with Crippen molar-refractivity contribution in [2.24, 2.45) is 0 Å². The molecule has 2 rings (SSSR count). The molecule has 2 aromatic rings. The second-order valence-corrected chi connectivity index (χ2v) is 6.86. The Hall–Kier alpha value is -2.95. The van der Waals surface area contributed by atoms with E-state index in [0.29, 0.717) is 5.56 Å². The van der Waals surface area contributed by atoms with E-state index in [1.807, 2.05) is 12.1 Å². The molecule has 0 atom stereocenters. The van der Waals surface area contributed by atoms with E-state index in [1.54, 1.807) is 24.3 Å². The van der Waals surface area contributed by atoms with Crippen LogP contribution in [0.4, 0.5) is 0 Å². The fourth-order valence-corrected chi connectivity index (χ4v) is 2.37. The summed E-state index contributed by atoms with van der Waals surface area (Å²) in [5.41, 5.74) is 1.72. The highest BCUT2D eigenvalue weighted by Crippen LogP contribution is 2.23. The molecule has 0 aliphatic heterocycles. The number of carbonyl (C=O) groups excluding carboxylic acids is 3. The van der Waals surface area contributed by atoms with Gasteiger partial charge in [0.15, 0.2) is 12.4 Å². The summed E-state index contributed by atoms with van der Waals surface area (Å²) in [6.45, 7) is 6.06. The van der Waals surface area contributed by atoms with Crippen LogP contribution in [0.3, 0.4) is 0 Å². The first-order valence-corrected chi connectivity index (χ1v) is 8.22. The predicted molar refractivity (Wildman–Crippen MR) is 97.8 cm³/mol. The Labute approximate surface area is 152 Å². The number of hydrogen-bond donors (Lipinski definition) is 0. The minimum atomic E-state index is -0.981. The third-order valence-electron chi connectivity index (χ3n) is 3.93. The van der Waals surface area contributed by atoms with Gasteiger partial charge in [-0.2, -0.15) is 0 Å². The van der Waals surface area contributed by atoms with E-state index in [0.717, 1.165) is 12.7 Å². The zero-order valence-electron chi connectivity index (χ0n) is 15.4. The Morgan fingerprint density at radius 1 is 0.923 bits per heavy atom. The third-order valence-corrected chi connectivity index (χ3v) is 3.93. The molecular formula is C21H22O5. The Bertz CT molecular complexity index is 813. The van der Waals surface area contributed by atoms with E-state index in [2.05, 4.69) is 25.5 Å². The van der Waals surface area contributed by atoms with Crippen molar-refractivity contribution in [3.8, 4) is 5.75 Å². The first-order valence-electron chi connectivity index (χ1n) is 8.22. The van der Waals surface area contributed by atoms with Crippen molar-refractivity contribution in [2.45, 2.75) is 26.2 Å². The van der Waals surface area contributed by atoms with Gasteiger partial charge in [0.2, 0.25) is 0 Å². The van der Waals surface area contributed by atoms with Gasteiger partial charge in [-0.1, -0.05) is 57.2 Å². The van der Waals surface area contributed by atoms with Crippen LogP contribution in [0.15, 0.2) is 48.5 Å². The van der Waals surface area contributed by atoms with Crippen LogP contribution >= 0.6 is 0 Å². The van der Waals surface area contributed by atoms with E-state index < -0.39 is 11.8 Å². The second kappa shape index (κ2) is 7.95. The molecule has 26 heavy (non-hydrogen) atoms. The lowest BCUT2D eigenvalue weighted by Gasteiger charge is -2.19. The molecule has 0 saturated carbocycles. The molecular weight excluding hydrogens is 332 g/mol. The van der Waals surface area contributed by atoms with E-state index in [9.17, 15) is 14.4 Å². The van der Waals surface area contributed by atoms with Crippen LogP contribution in [0.2, 0.25) is 0 Å². The van der Waals surface area contributed by atoms with Gasteiger partial charge in [-0.05, 0) is 23.1 Å². The van der Waals surface area contributed by atoms with Crippen molar-refractivity contribution in [1.29, 1.82) is 0 Å². The molecule has 0 aliphatic carbocycles. The average molecular weight is 354 g/mol. The predicted octanol–water partition coefficient (Wildman–Crippen LogP) is 3.60. The quantitative estimate of drug-likeness (QED) is 0.450. The van der Waals surface area contributed by atoms with Crippen molar-refractivity contribution in [3.63, 3.8) is 0 Å². The van der Waals surface area contributed by atoms with Gasteiger partial charge in [0.1, 0.15) is 5.75 Å². The van der Waals surface area contributed by atoms with Gasteiger partial charge < -0.3 is 9.47 Å².